The van der Waals surface area contributed by atoms with Crippen LogP contribution in [0, 0.1) is 5.41 Å². The molecule has 1 aliphatic rings. The number of carbonyl (C=O) groups excluding carboxylic acids is 1. The van der Waals surface area contributed by atoms with Crippen molar-refractivity contribution in [3.63, 3.8) is 0 Å². The summed E-state index contributed by atoms with van der Waals surface area (Å²) < 4.78 is 6.29. The zero-order valence-corrected chi connectivity index (χ0v) is 25.8. The van der Waals surface area contributed by atoms with Gasteiger partial charge < -0.3 is 9.74 Å². The summed E-state index contributed by atoms with van der Waals surface area (Å²) in [5, 5.41) is 4.92. The van der Waals surface area contributed by atoms with E-state index in [0.717, 1.165) is 54.0 Å². The summed E-state index contributed by atoms with van der Waals surface area (Å²) in [6, 6.07) is 10.3. The number of nitrogens with one attached hydrogen (secondary N) is 1. The third-order valence-electron chi connectivity index (χ3n) is 7.30. The number of rotatable bonds is 12. The minimum absolute atomic E-state index is 0.0417. The number of benzene rings is 1. The fourth-order valence-electron chi connectivity index (χ4n) is 3.89. The summed E-state index contributed by atoms with van der Waals surface area (Å²) in [4.78, 5) is 15.5. The van der Waals surface area contributed by atoms with Gasteiger partial charge in [-0.25, -0.2) is 0 Å². The van der Waals surface area contributed by atoms with Crippen LogP contribution >= 0.6 is 11.8 Å². The van der Waals surface area contributed by atoms with Crippen molar-refractivity contribution in [2.24, 2.45) is 5.41 Å². The summed E-state index contributed by atoms with van der Waals surface area (Å²) in [6.07, 6.45) is 7.77. The molecule has 0 saturated heterocycles. The van der Waals surface area contributed by atoms with Gasteiger partial charge in [-0.05, 0) is 61.3 Å². The van der Waals surface area contributed by atoms with Gasteiger partial charge in [0.2, 0.25) is 0 Å². The number of Topliss-reactive ketones (excluding diaryl/α,β-unsaturated/α-hetero) is 1. The minimum Gasteiger partial charge on any atom is -0.416 e. The van der Waals surface area contributed by atoms with Gasteiger partial charge in [0, 0.05) is 23.5 Å². The molecule has 0 amide bonds. The molecule has 0 spiro atoms. The van der Waals surface area contributed by atoms with E-state index in [4.69, 9.17) is 4.43 Å². The highest BCUT2D eigenvalue weighted by Gasteiger charge is 2.38. The zero-order chi connectivity index (χ0) is 25.6. The van der Waals surface area contributed by atoms with Gasteiger partial charge in [-0.2, -0.15) is 0 Å². The van der Waals surface area contributed by atoms with Crippen LogP contribution in [0.1, 0.15) is 47.0 Å². The molecule has 0 unspecified atom stereocenters. The molecular weight excluding hydrogens is 471 g/mol. The van der Waals surface area contributed by atoms with E-state index in [1.807, 2.05) is 18.2 Å². The van der Waals surface area contributed by atoms with Crippen LogP contribution in [-0.4, -0.2) is 41.9 Å². The Kier molecular flexibility index (Phi) is 10.2. The Bertz CT molecular complexity index is 882. The molecule has 1 N–H and O–H groups in total. The maximum atomic E-state index is 13.4. The van der Waals surface area contributed by atoms with Crippen molar-refractivity contribution in [1.82, 2.24) is 5.32 Å². The molecule has 0 radical (unpaired) electrons. The van der Waals surface area contributed by atoms with Crippen molar-refractivity contribution in [3.8, 4) is 0 Å². The van der Waals surface area contributed by atoms with E-state index in [1.54, 1.807) is 11.8 Å². The quantitative estimate of drug-likeness (QED) is 0.226. The highest BCUT2D eigenvalue weighted by atomic mass is 32.2. The number of hydrogen-bond donors (Lipinski definition) is 1. The van der Waals surface area contributed by atoms with E-state index in [0.29, 0.717) is 0 Å². The van der Waals surface area contributed by atoms with Crippen molar-refractivity contribution in [2.75, 3.05) is 19.7 Å². The normalized spacial score (nSPS) is 19.7. The molecule has 1 aromatic carbocycles. The van der Waals surface area contributed by atoms with Gasteiger partial charge in [0.05, 0.1) is 13.0 Å². The molecule has 34 heavy (non-hydrogen) atoms. The Morgan fingerprint density at radius 3 is 2.21 bits per heavy atom. The van der Waals surface area contributed by atoms with E-state index < -0.39 is 16.4 Å². The highest BCUT2D eigenvalue weighted by Crippen LogP contribution is 2.44. The summed E-state index contributed by atoms with van der Waals surface area (Å²) in [5.74, 6) is 0.248. The lowest BCUT2D eigenvalue weighted by molar-refractivity contribution is -0.111. The maximum absolute atomic E-state index is 13.4. The monoisotopic (exact) mass is 517 g/mol. The Balaban J connectivity index is 2.03. The topological polar surface area (TPSA) is 38.3 Å². The molecule has 1 atom stereocenters. The molecule has 0 bridgehead atoms. The van der Waals surface area contributed by atoms with Crippen LogP contribution in [-0.2, 0) is 9.22 Å². The summed E-state index contributed by atoms with van der Waals surface area (Å²) in [7, 11) is -3.43. The average molecular weight is 518 g/mol. The molecule has 0 heterocycles. The van der Waals surface area contributed by atoms with Crippen molar-refractivity contribution in [1.29, 1.82) is 0 Å². The van der Waals surface area contributed by atoms with Crippen molar-refractivity contribution >= 4 is 33.9 Å². The van der Waals surface area contributed by atoms with Crippen LogP contribution in [0.5, 0.6) is 0 Å². The number of thioether (sulfide) groups is 1. The van der Waals surface area contributed by atoms with Crippen LogP contribution in [0.3, 0.4) is 0 Å². The van der Waals surface area contributed by atoms with Crippen molar-refractivity contribution in [3.05, 3.63) is 52.6 Å². The molecular formula is C28H47NO2SSi2. The van der Waals surface area contributed by atoms with Gasteiger partial charge in [0.15, 0.2) is 14.1 Å². The van der Waals surface area contributed by atoms with E-state index in [9.17, 15) is 4.79 Å². The van der Waals surface area contributed by atoms with Crippen LogP contribution in [0.15, 0.2) is 57.5 Å². The van der Waals surface area contributed by atoms with Gasteiger partial charge in [0.25, 0.3) is 0 Å². The Morgan fingerprint density at radius 2 is 1.65 bits per heavy atom. The lowest BCUT2D eigenvalue weighted by atomic mass is 9.77. The Morgan fingerprint density at radius 1 is 1.00 bits per heavy atom. The second kappa shape index (κ2) is 11.9. The lowest BCUT2D eigenvalue weighted by Gasteiger charge is -2.36. The summed E-state index contributed by atoms with van der Waals surface area (Å²) >= 11 is 1.63. The van der Waals surface area contributed by atoms with Crippen LogP contribution in [0.2, 0.25) is 37.8 Å². The van der Waals surface area contributed by atoms with Gasteiger partial charge in [-0.1, -0.05) is 89.4 Å². The first-order valence-corrected chi connectivity index (χ1v) is 20.0. The lowest BCUT2D eigenvalue weighted by Crippen LogP contribution is -2.42. The van der Waals surface area contributed by atoms with E-state index in [2.05, 4.69) is 90.0 Å². The molecule has 0 saturated carbocycles. The Hall–Kier alpha value is -0.926. The van der Waals surface area contributed by atoms with Crippen molar-refractivity contribution < 1.29 is 9.22 Å². The van der Waals surface area contributed by atoms with Gasteiger partial charge >= 0.3 is 0 Å². The smallest absolute Gasteiger partial charge is 0.192 e. The predicted octanol–water partition coefficient (Wildman–Crippen LogP) is 7.84. The molecule has 1 aliphatic carbocycles. The van der Waals surface area contributed by atoms with Crippen molar-refractivity contribution in [2.45, 2.75) is 89.6 Å². The van der Waals surface area contributed by atoms with E-state index in [1.165, 1.54) is 0 Å². The molecule has 190 valence electrons. The van der Waals surface area contributed by atoms with Crippen LogP contribution in [0.4, 0.5) is 0 Å². The molecule has 2 rings (SSSR count). The molecule has 6 heteroatoms. The van der Waals surface area contributed by atoms with E-state index in [-0.39, 0.29) is 16.2 Å². The van der Waals surface area contributed by atoms with Gasteiger partial charge in [-0.15, -0.1) is 0 Å². The van der Waals surface area contributed by atoms with Crippen LogP contribution in [0.25, 0.3) is 0 Å². The van der Waals surface area contributed by atoms with E-state index >= 15 is 0 Å². The second-order valence-corrected chi connectivity index (χ2v) is 23.1. The number of ketones is 1. The molecule has 0 fully saturated rings. The molecule has 0 aliphatic heterocycles. The summed E-state index contributed by atoms with van der Waals surface area (Å²) in [5.41, 5.74) is -0.0417. The molecule has 0 aromatic heterocycles. The number of hydrogen-bond acceptors (Lipinski definition) is 4. The first kappa shape index (κ1) is 29.3. The third kappa shape index (κ3) is 8.05. The second-order valence-electron chi connectivity index (χ2n) is 12.1. The Labute approximate surface area is 215 Å². The van der Waals surface area contributed by atoms with Crippen LogP contribution < -0.4 is 5.32 Å². The first-order valence-electron chi connectivity index (χ1n) is 12.8. The minimum atomic E-state index is -1.75. The number of allylic oxidation sites excluding steroid dienone is 4. The van der Waals surface area contributed by atoms with Gasteiger partial charge in [0.1, 0.15) is 0 Å². The fourth-order valence-corrected chi connectivity index (χ4v) is 7.61. The first-order chi connectivity index (χ1) is 15.7. The summed E-state index contributed by atoms with van der Waals surface area (Å²) in [6.45, 7) is 23.2. The molecule has 1 aromatic rings. The molecule has 3 nitrogen and oxygen atoms in total. The maximum Gasteiger partial charge on any atom is 0.192 e. The number of carbonyl (C=O) groups is 1. The highest BCUT2D eigenvalue weighted by molar-refractivity contribution is 8.04. The third-order valence-corrected chi connectivity index (χ3v) is 14.9. The SMILES string of the molecule is CC[C@@]1(CCCNCCO[Si](C)(C)C(C)(C)C)C=C(Sc2ccccc2)C(=O)C([Si](C)(C)C)=C1. The average Bonchev–Trinajstić information content (AvgIpc) is 2.74. The predicted molar refractivity (Wildman–Crippen MR) is 155 cm³/mol. The largest absolute Gasteiger partial charge is 0.416 e. The zero-order valence-electron chi connectivity index (χ0n) is 23.0. The standard InChI is InChI=1S/C28H47NO2SSi2/c1-10-28(17-14-18-29-19-20-31-34(8,9)27(2,3)4)21-24(32-23-15-12-11-13-16-23)26(30)25(22-28)33(5,6)7/h11-13,15-16,21-22,29H,10,14,17-20H2,1-9H3/t28-/m1/s1. The van der Waals surface area contributed by atoms with Gasteiger partial charge in [-0.3, -0.25) is 4.79 Å². The fraction of sp³-hybridized carbons (Fsp3) is 0.607.